The monoisotopic (exact) mass is 504 g/mol. The van der Waals surface area contributed by atoms with Gasteiger partial charge in [0.2, 0.25) is 0 Å². The van der Waals surface area contributed by atoms with Crippen molar-refractivity contribution in [2.75, 3.05) is 0 Å². The molecule has 140 valence electrons. The van der Waals surface area contributed by atoms with E-state index in [4.69, 9.17) is 52.1 Å². The number of hydrogen-bond acceptors (Lipinski definition) is 6. The number of Topliss-reactive ketones (excluding diaryl/α,β-unsaturated/α-hetero) is 1. The van der Waals surface area contributed by atoms with Gasteiger partial charge in [-0.1, -0.05) is 53.9 Å². The summed E-state index contributed by atoms with van der Waals surface area (Å²) in [5, 5.41) is 8.61. The van der Waals surface area contributed by atoms with Gasteiger partial charge in [0.1, 0.15) is 10.5 Å². The molecule has 0 fully saturated rings. The summed E-state index contributed by atoms with van der Waals surface area (Å²) in [4.78, 5) is 19.9. The Bertz CT molecular complexity index is 347. The molecule has 0 aliphatic rings. The predicted octanol–water partition coefficient (Wildman–Crippen LogP) is 2.82. The first kappa shape index (κ1) is 40.7. The number of thioether (sulfide) groups is 1. The van der Waals surface area contributed by atoms with Crippen LogP contribution in [0, 0.1) is 0 Å². The third kappa shape index (κ3) is 75.0. The summed E-state index contributed by atoms with van der Waals surface area (Å²) in [6.45, 7) is 9.76. The van der Waals surface area contributed by atoms with E-state index < -0.39 is 15.0 Å². The second kappa shape index (κ2) is 25.1. The minimum absolute atomic E-state index is 0. The molecule has 12 heteroatoms. The van der Waals surface area contributed by atoms with E-state index in [-0.39, 0.29) is 47.7 Å². The number of carboxylic acid groups (broad SMARTS) is 1. The van der Waals surface area contributed by atoms with Crippen LogP contribution < -0.4 is 29.6 Å². The molecule has 0 radical (unpaired) electrons. The van der Waals surface area contributed by atoms with Crippen molar-refractivity contribution >= 4 is 116 Å². The smallest absolute Gasteiger partial charge is 0.480 e. The zero-order chi connectivity index (χ0) is 19.1. The molecule has 24 heavy (non-hydrogen) atoms. The van der Waals surface area contributed by atoms with E-state index in [0.29, 0.717) is 8.39 Å². The van der Waals surface area contributed by atoms with Crippen LogP contribution in [0.2, 0.25) is 0 Å². The van der Waals surface area contributed by atoms with Gasteiger partial charge in [0.25, 0.3) is 0 Å². The van der Waals surface area contributed by atoms with Gasteiger partial charge in [0.15, 0.2) is 4.30 Å². The average Bonchev–Trinajstić information content (AvgIpc) is 2.11. The van der Waals surface area contributed by atoms with Gasteiger partial charge < -0.3 is 34.7 Å². The summed E-state index contributed by atoms with van der Waals surface area (Å²) in [6, 6.07) is 0. The quantitative estimate of drug-likeness (QED) is 0.268. The van der Waals surface area contributed by atoms with Gasteiger partial charge in [-0.05, 0) is 34.6 Å². The van der Waals surface area contributed by atoms with E-state index in [1.54, 1.807) is 27.7 Å². The number of hydrogen-bond donors (Lipinski definition) is 1. The van der Waals surface area contributed by atoms with Crippen molar-refractivity contribution in [3.8, 4) is 0 Å². The Balaban J connectivity index is -0.0000000492. The summed E-state index contributed by atoms with van der Waals surface area (Å²) in [7, 11) is 0. The Hall–Kier alpha value is 2.05. The first-order valence-electron chi connectivity index (χ1n) is 5.56. The third-order valence-corrected chi connectivity index (χ3v) is 2.14. The number of carboxylic acids is 1. The van der Waals surface area contributed by atoms with E-state index in [1.165, 1.54) is 25.6 Å². The zero-order valence-corrected chi connectivity index (χ0v) is 22.9. The van der Waals surface area contributed by atoms with Crippen molar-refractivity contribution in [2.24, 2.45) is 0 Å². The van der Waals surface area contributed by atoms with Gasteiger partial charge in [0.05, 0.1) is 0 Å². The number of rotatable bonds is 2. The Morgan fingerprint density at radius 3 is 1.29 bits per heavy atom. The fourth-order valence-electron chi connectivity index (χ4n) is 0.403. The number of halogens is 4. The average molecular weight is 506 g/mol. The Kier molecular flexibility index (Phi) is 42.4. The molecule has 0 aliphatic carbocycles. The van der Waals surface area contributed by atoms with Crippen LogP contribution in [0.5, 0.6) is 0 Å². The first-order chi connectivity index (χ1) is 9.56. The topological polar surface area (TPSA) is 54.4 Å². The molecule has 0 amide bonds. The van der Waals surface area contributed by atoms with Crippen LogP contribution in [-0.4, -0.2) is 34.3 Å². The summed E-state index contributed by atoms with van der Waals surface area (Å²) < 4.78 is -0.293. The maximum atomic E-state index is 10.5. The number of thiocarbonyl (C=S) groups is 2. The molecule has 0 saturated heterocycles. The molecule has 0 atom stereocenters. The Morgan fingerprint density at radius 1 is 1.08 bits per heavy atom. The minimum Gasteiger partial charge on any atom is -0.480 e. The van der Waals surface area contributed by atoms with Gasteiger partial charge in [0, 0.05) is 4.20 Å². The van der Waals surface area contributed by atoms with Gasteiger partial charge in [-0.15, -0.1) is 24.2 Å². The molecule has 0 aromatic carbocycles. The molecule has 1 N–H and O–H groups in total. The second-order valence-electron chi connectivity index (χ2n) is 4.06. The van der Waals surface area contributed by atoms with E-state index in [1.807, 2.05) is 0 Å². The molecular formula is C12H21Cl4NaO3S4. The molecule has 0 unspecified atom stereocenters. The molecule has 3 nitrogen and oxygen atoms in total. The molecule has 0 heterocycles. The predicted molar refractivity (Wildman–Crippen MR) is 118 cm³/mol. The van der Waals surface area contributed by atoms with Crippen LogP contribution in [0.3, 0.4) is 0 Å². The second-order valence-corrected chi connectivity index (χ2v) is 10.2. The molecule has 0 bridgehead atoms. The zero-order valence-electron chi connectivity index (χ0n) is 14.5. The summed E-state index contributed by atoms with van der Waals surface area (Å²) in [6.07, 6.45) is 0. The van der Waals surface area contributed by atoms with Crippen LogP contribution in [0.15, 0.2) is 0 Å². The van der Waals surface area contributed by atoms with E-state index in [2.05, 4.69) is 24.8 Å². The molecule has 0 rings (SSSR count). The van der Waals surface area contributed by atoms with Crippen LogP contribution in [0.4, 0.5) is 0 Å². The van der Waals surface area contributed by atoms with Crippen molar-refractivity contribution in [3.05, 3.63) is 0 Å². The van der Waals surface area contributed by atoms with Crippen LogP contribution in [0.1, 0.15) is 41.5 Å². The van der Waals surface area contributed by atoms with Crippen molar-refractivity contribution in [3.63, 3.8) is 0 Å². The van der Waals surface area contributed by atoms with E-state index in [9.17, 15) is 9.59 Å². The number of alkyl halides is 3. The van der Waals surface area contributed by atoms with Crippen molar-refractivity contribution in [1.82, 2.24) is 0 Å². The maximum absolute atomic E-state index is 10.5. The molecule has 0 spiro atoms. The van der Waals surface area contributed by atoms with Gasteiger partial charge in [-0.3, -0.25) is 4.79 Å². The van der Waals surface area contributed by atoms with Crippen molar-refractivity contribution in [2.45, 2.75) is 50.6 Å². The SMILES string of the molecule is CC(=S)SC(C)(C)C(=O)O.CC(=S)[S-].CC(C)=O.Cl.ClC(Cl)Cl.[Na+]. The molecular weight excluding hydrogens is 485 g/mol. The fraction of sp³-hybridized carbons (Fsp3) is 0.667. The molecule has 0 aromatic rings. The standard InChI is InChI=1S/C6H10O2S2.C3H6O.C2H4S2.CHCl3.ClH.Na/c1-4(9)10-6(2,3)5(7)8;1-3(2)4;1-2(3)4;2-1(3)4;;/h1-3H3,(H,7,8);1-2H3;1H3,(H,3,4);1H;1H;/q;;;;;+1/p-1. The molecule has 0 aromatic heterocycles. The fourth-order valence-corrected chi connectivity index (χ4v) is 1.83. The number of ketones is 1. The Morgan fingerprint density at radius 2 is 1.25 bits per heavy atom. The summed E-state index contributed by atoms with van der Waals surface area (Å²) >= 11 is 29.1. The molecule has 0 aliphatic heterocycles. The van der Waals surface area contributed by atoms with Crippen molar-refractivity contribution < 1.29 is 44.3 Å². The molecule has 0 saturated carbocycles. The number of carbonyl (C=O) groups excluding carboxylic acids is 1. The summed E-state index contributed by atoms with van der Waals surface area (Å²) in [5.41, 5.74) is 0. The van der Waals surface area contributed by atoms with Crippen LogP contribution >= 0.6 is 83.4 Å². The van der Waals surface area contributed by atoms with Crippen LogP contribution in [0.25, 0.3) is 0 Å². The van der Waals surface area contributed by atoms with E-state index in [0.717, 1.165) is 0 Å². The minimum atomic E-state index is -0.832. The van der Waals surface area contributed by atoms with Gasteiger partial charge in [-0.25, -0.2) is 0 Å². The van der Waals surface area contributed by atoms with E-state index >= 15 is 0 Å². The van der Waals surface area contributed by atoms with Crippen LogP contribution in [-0.2, 0) is 22.2 Å². The van der Waals surface area contributed by atoms with Gasteiger partial charge >= 0.3 is 35.5 Å². The normalized spacial score (nSPS) is 8.25. The first-order valence-corrected chi connectivity index (χ1v) is 8.91. The maximum Gasteiger partial charge on any atom is 1.00 e. The van der Waals surface area contributed by atoms with Gasteiger partial charge in [-0.2, -0.15) is 4.20 Å². The van der Waals surface area contributed by atoms with Crippen molar-refractivity contribution in [1.29, 1.82) is 0 Å². The Labute approximate surface area is 208 Å². The largest absolute Gasteiger partial charge is 1.00 e. The number of aliphatic carboxylic acids is 1. The summed E-state index contributed by atoms with van der Waals surface area (Å²) in [5.74, 6) is -0.665. The number of carbonyl (C=O) groups is 2. The third-order valence-electron chi connectivity index (χ3n) is 0.914.